The third-order valence-electron chi connectivity index (χ3n) is 1.48. The van der Waals surface area contributed by atoms with Crippen molar-refractivity contribution in [2.45, 2.75) is 0 Å². The molecule has 0 bridgehead atoms. The Morgan fingerprint density at radius 3 is 2.69 bits per heavy atom. The summed E-state index contributed by atoms with van der Waals surface area (Å²) in [6, 6.07) is 4.86. The summed E-state index contributed by atoms with van der Waals surface area (Å²) in [5.74, 6) is -0.429. The maximum Gasteiger partial charge on any atom is 0.337 e. The topological polar surface area (TPSA) is 43.4 Å². The van der Waals surface area contributed by atoms with Gasteiger partial charge in [-0.1, -0.05) is 0 Å². The molecule has 68 valence electrons. The molecule has 1 rings (SSSR count). The van der Waals surface area contributed by atoms with Crippen molar-refractivity contribution in [1.82, 2.24) is 0 Å². The van der Waals surface area contributed by atoms with Gasteiger partial charge >= 0.3 is 5.97 Å². The van der Waals surface area contributed by atoms with Crippen molar-refractivity contribution in [3.8, 4) is 0 Å². The second-order valence-electron chi connectivity index (χ2n) is 2.38. The Bertz CT molecular complexity index is 347. The summed E-state index contributed by atoms with van der Waals surface area (Å²) >= 11 is 2.04. The zero-order valence-electron chi connectivity index (χ0n) is 6.91. The summed E-state index contributed by atoms with van der Waals surface area (Å²) in [7, 11) is 1.31. The summed E-state index contributed by atoms with van der Waals surface area (Å²) < 4.78 is 5.37. The van der Waals surface area contributed by atoms with Crippen molar-refractivity contribution in [1.29, 1.82) is 0 Å². The molecule has 0 radical (unpaired) electrons. The minimum Gasteiger partial charge on any atom is -0.465 e. The first-order valence-electron chi connectivity index (χ1n) is 3.51. The number of hydrogen-bond acceptors (Lipinski definition) is 3. The Balaban J connectivity index is 3.15. The first kappa shape index (κ1) is 10.2. The van der Waals surface area contributed by atoms with Gasteiger partial charge in [-0.05, 0) is 40.8 Å². The predicted octanol–water partition coefficient (Wildman–Crippen LogP) is 1.89. The predicted molar refractivity (Wildman–Crippen MR) is 55.9 cm³/mol. The van der Waals surface area contributed by atoms with Crippen LogP contribution in [0.25, 0.3) is 0 Å². The van der Waals surface area contributed by atoms with Crippen molar-refractivity contribution in [3.05, 3.63) is 32.9 Å². The quantitative estimate of drug-likeness (QED) is 0.474. The van der Waals surface area contributed by atoms with Crippen LogP contribution in [0.1, 0.15) is 20.7 Å². The van der Waals surface area contributed by atoms with Crippen molar-refractivity contribution in [2.75, 3.05) is 7.11 Å². The Labute approximate surface area is 89.2 Å². The smallest absolute Gasteiger partial charge is 0.337 e. The van der Waals surface area contributed by atoms with E-state index in [9.17, 15) is 9.59 Å². The third kappa shape index (κ3) is 2.51. The molecule has 0 atom stereocenters. The molecule has 0 aliphatic carbocycles. The lowest BCUT2D eigenvalue weighted by Gasteiger charge is -2.00. The van der Waals surface area contributed by atoms with Crippen LogP contribution in [-0.2, 0) is 4.74 Å². The minimum atomic E-state index is -0.429. The number of benzene rings is 1. The summed E-state index contributed by atoms with van der Waals surface area (Å²) in [6.45, 7) is 0. The molecule has 13 heavy (non-hydrogen) atoms. The van der Waals surface area contributed by atoms with Crippen LogP contribution in [-0.4, -0.2) is 19.4 Å². The highest BCUT2D eigenvalue weighted by atomic mass is 127. The number of halogens is 1. The molecule has 0 amide bonds. The molecule has 0 aromatic heterocycles. The first-order valence-corrected chi connectivity index (χ1v) is 4.59. The molecule has 0 aliphatic rings. The van der Waals surface area contributed by atoms with Gasteiger partial charge < -0.3 is 4.74 Å². The average molecular weight is 290 g/mol. The molecule has 1 aromatic carbocycles. The number of aldehydes is 1. The van der Waals surface area contributed by atoms with E-state index in [1.54, 1.807) is 12.1 Å². The standard InChI is InChI=1S/C9H7IO3/c1-13-9(12)7-2-6(5-11)3-8(10)4-7/h2-5H,1H3. The van der Waals surface area contributed by atoms with Gasteiger partial charge in [-0.3, -0.25) is 4.79 Å². The van der Waals surface area contributed by atoms with Gasteiger partial charge in [0.15, 0.2) is 0 Å². The monoisotopic (exact) mass is 290 g/mol. The van der Waals surface area contributed by atoms with Crippen molar-refractivity contribution in [3.63, 3.8) is 0 Å². The van der Waals surface area contributed by atoms with Crippen LogP contribution in [0.4, 0.5) is 0 Å². The van der Waals surface area contributed by atoms with Crippen LogP contribution in [0, 0.1) is 3.57 Å². The molecule has 0 saturated carbocycles. The Kier molecular flexibility index (Phi) is 3.41. The fourth-order valence-corrected chi connectivity index (χ4v) is 1.61. The van der Waals surface area contributed by atoms with Crippen LogP contribution in [0.15, 0.2) is 18.2 Å². The van der Waals surface area contributed by atoms with E-state index in [-0.39, 0.29) is 0 Å². The number of carbonyl (C=O) groups is 2. The maximum atomic E-state index is 11.1. The van der Waals surface area contributed by atoms with Crippen LogP contribution < -0.4 is 0 Å². The van der Waals surface area contributed by atoms with Gasteiger partial charge in [-0.25, -0.2) is 4.79 Å². The molecule has 4 heteroatoms. The fraction of sp³-hybridized carbons (Fsp3) is 0.111. The minimum absolute atomic E-state index is 0.400. The molecule has 0 saturated heterocycles. The van der Waals surface area contributed by atoms with Gasteiger partial charge in [0.05, 0.1) is 12.7 Å². The molecular formula is C9H7IO3. The zero-order chi connectivity index (χ0) is 9.84. The number of esters is 1. The van der Waals surface area contributed by atoms with E-state index in [1.807, 2.05) is 22.6 Å². The van der Waals surface area contributed by atoms with Crippen LogP contribution in [0.5, 0.6) is 0 Å². The fourth-order valence-electron chi connectivity index (χ4n) is 0.916. The molecule has 0 spiro atoms. The summed E-state index contributed by atoms with van der Waals surface area (Å²) in [6.07, 6.45) is 0.703. The van der Waals surface area contributed by atoms with Gasteiger partial charge in [0.1, 0.15) is 6.29 Å². The van der Waals surface area contributed by atoms with Crippen LogP contribution in [0.3, 0.4) is 0 Å². The lowest BCUT2D eigenvalue weighted by atomic mass is 10.1. The molecule has 0 unspecified atom stereocenters. The van der Waals surface area contributed by atoms with E-state index >= 15 is 0 Å². The second-order valence-corrected chi connectivity index (χ2v) is 3.63. The number of ether oxygens (including phenoxy) is 1. The van der Waals surface area contributed by atoms with Crippen LogP contribution in [0.2, 0.25) is 0 Å². The highest BCUT2D eigenvalue weighted by Gasteiger charge is 2.06. The van der Waals surface area contributed by atoms with E-state index in [1.165, 1.54) is 13.2 Å². The van der Waals surface area contributed by atoms with Gasteiger partial charge in [-0.2, -0.15) is 0 Å². The number of carbonyl (C=O) groups excluding carboxylic acids is 2. The zero-order valence-corrected chi connectivity index (χ0v) is 9.07. The highest BCUT2D eigenvalue weighted by Crippen LogP contribution is 2.12. The van der Waals surface area contributed by atoms with E-state index in [0.717, 1.165) is 3.57 Å². The summed E-state index contributed by atoms with van der Waals surface area (Å²) in [5.41, 5.74) is 0.879. The lowest BCUT2D eigenvalue weighted by Crippen LogP contribution is -2.02. The largest absolute Gasteiger partial charge is 0.465 e. The number of rotatable bonds is 2. The van der Waals surface area contributed by atoms with Gasteiger partial charge in [0, 0.05) is 9.13 Å². The molecule has 3 nitrogen and oxygen atoms in total. The van der Waals surface area contributed by atoms with E-state index in [2.05, 4.69) is 4.74 Å². The lowest BCUT2D eigenvalue weighted by molar-refractivity contribution is 0.0600. The van der Waals surface area contributed by atoms with Crippen molar-refractivity contribution in [2.24, 2.45) is 0 Å². The van der Waals surface area contributed by atoms with Crippen molar-refractivity contribution >= 4 is 34.8 Å². The Hall–Kier alpha value is -0.910. The highest BCUT2D eigenvalue weighted by molar-refractivity contribution is 14.1. The maximum absolute atomic E-state index is 11.1. The van der Waals surface area contributed by atoms with E-state index in [0.29, 0.717) is 17.4 Å². The SMILES string of the molecule is COC(=O)c1cc(I)cc(C=O)c1. The first-order chi connectivity index (χ1) is 6.17. The molecule has 0 N–H and O–H groups in total. The molecule has 0 fully saturated rings. The number of methoxy groups -OCH3 is 1. The molecule has 1 aromatic rings. The van der Waals surface area contributed by atoms with Gasteiger partial charge in [-0.15, -0.1) is 0 Å². The molecule has 0 heterocycles. The number of hydrogen-bond donors (Lipinski definition) is 0. The third-order valence-corrected chi connectivity index (χ3v) is 2.10. The van der Waals surface area contributed by atoms with Crippen LogP contribution >= 0.6 is 22.6 Å². The average Bonchev–Trinajstić information content (AvgIpc) is 2.15. The van der Waals surface area contributed by atoms with Gasteiger partial charge in [0.2, 0.25) is 0 Å². The molecular weight excluding hydrogens is 283 g/mol. The summed E-state index contributed by atoms with van der Waals surface area (Å²) in [4.78, 5) is 21.6. The summed E-state index contributed by atoms with van der Waals surface area (Å²) in [5, 5.41) is 0. The molecule has 0 aliphatic heterocycles. The van der Waals surface area contributed by atoms with E-state index < -0.39 is 5.97 Å². The van der Waals surface area contributed by atoms with Crippen molar-refractivity contribution < 1.29 is 14.3 Å². The Morgan fingerprint density at radius 2 is 2.15 bits per heavy atom. The Morgan fingerprint density at radius 1 is 1.46 bits per heavy atom. The normalized spacial score (nSPS) is 9.38. The van der Waals surface area contributed by atoms with Gasteiger partial charge in [0.25, 0.3) is 0 Å². The second kappa shape index (κ2) is 4.36. The van der Waals surface area contributed by atoms with E-state index in [4.69, 9.17) is 0 Å².